The molecule has 0 heterocycles. The van der Waals surface area contributed by atoms with E-state index in [4.69, 9.17) is 11.7 Å². The average molecular weight is 351 g/mol. The van der Waals surface area contributed by atoms with Gasteiger partial charge in [-0.1, -0.05) is 42.5 Å². The van der Waals surface area contributed by atoms with E-state index in [1.807, 2.05) is 35.8 Å². The summed E-state index contributed by atoms with van der Waals surface area (Å²) in [5.74, 6) is 9.23. The van der Waals surface area contributed by atoms with E-state index in [2.05, 4.69) is 5.43 Å². The number of hydrogen-bond donors (Lipinski definition) is 4. The number of hydrazine groups is 2. The number of amides is 2. The minimum atomic E-state index is -0.554. The Balaban J connectivity index is 0.00000220. The summed E-state index contributed by atoms with van der Waals surface area (Å²) in [6.45, 7) is 0. The van der Waals surface area contributed by atoms with Gasteiger partial charge in [0, 0.05) is 0 Å². The highest BCUT2D eigenvalue weighted by molar-refractivity contribution is 8.93. The van der Waals surface area contributed by atoms with Gasteiger partial charge in [0.15, 0.2) is 0 Å². The first-order chi connectivity index (χ1) is 9.69. The number of rotatable bonds is 3. The van der Waals surface area contributed by atoms with E-state index in [9.17, 15) is 9.59 Å². The molecule has 0 aliphatic rings. The Bertz CT molecular complexity index is 647. The lowest BCUT2D eigenvalue weighted by atomic mass is 9.94. The first-order valence-electron chi connectivity index (χ1n) is 5.89. The highest BCUT2D eigenvalue weighted by Crippen LogP contribution is 2.26. The molecular weight excluding hydrogens is 336 g/mol. The van der Waals surface area contributed by atoms with Gasteiger partial charge in [0.2, 0.25) is 0 Å². The third-order valence-corrected chi connectivity index (χ3v) is 2.88. The van der Waals surface area contributed by atoms with Crippen LogP contribution in [0.4, 0.5) is 0 Å². The maximum Gasteiger partial charge on any atom is 0.266 e. The molecule has 0 aliphatic carbocycles. The van der Waals surface area contributed by atoms with Crippen LogP contribution in [0.2, 0.25) is 0 Å². The Hall–Kier alpha value is -2.22. The third-order valence-electron chi connectivity index (χ3n) is 2.88. The Morgan fingerprint density at radius 1 is 0.810 bits per heavy atom. The fourth-order valence-electron chi connectivity index (χ4n) is 1.99. The van der Waals surface area contributed by atoms with Gasteiger partial charge in [-0.25, -0.2) is 11.7 Å². The molecule has 0 saturated carbocycles. The molecule has 6 N–H and O–H groups in total. The quantitative estimate of drug-likeness (QED) is 0.378. The van der Waals surface area contributed by atoms with Crippen LogP contribution in [0.25, 0.3) is 11.1 Å². The van der Waals surface area contributed by atoms with Gasteiger partial charge in [-0.2, -0.15) is 0 Å². The summed E-state index contributed by atoms with van der Waals surface area (Å²) in [7, 11) is 0. The third kappa shape index (κ3) is 3.46. The summed E-state index contributed by atoms with van der Waals surface area (Å²) in [5, 5.41) is 0. The Kier molecular flexibility index (Phi) is 6.04. The van der Waals surface area contributed by atoms with Gasteiger partial charge in [0.1, 0.15) is 0 Å². The van der Waals surface area contributed by atoms with E-state index < -0.39 is 11.8 Å². The van der Waals surface area contributed by atoms with Crippen molar-refractivity contribution in [3.63, 3.8) is 0 Å². The SMILES string of the molecule is Br.NNC(=O)c1cccc(-c2ccccc2)c1C(=O)NN. The molecule has 2 amide bonds. The molecule has 2 aromatic carbocycles. The minimum Gasteiger partial charge on any atom is -0.290 e. The van der Waals surface area contributed by atoms with E-state index in [0.717, 1.165) is 5.56 Å². The molecule has 110 valence electrons. The number of nitrogens with two attached hydrogens (primary N) is 2. The lowest BCUT2D eigenvalue weighted by Gasteiger charge is -2.12. The van der Waals surface area contributed by atoms with Crippen molar-refractivity contribution in [1.29, 1.82) is 0 Å². The number of benzene rings is 2. The number of halogens is 1. The topological polar surface area (TPSA) is 110 Å². The van der Waals surface area contributed by atoms with Crippen LogP contribution in [0.3, 0.4) is 0 Å². The van der Waals surface area contributed by atoms with Crippen molar-refractivity contribution in [2.24, 2.45) is 11.7 Å². The van der Waals surface area contributed by atoms with Gasteiger partial charge in [0.05, 0.1) is 11.1 Å². The van der Waals surface area contributed by atoms with E-state index in [1.165, 1.54) is 6.07 Å². The lowest BCUT2D eigenvalue weighted by Crippen LogP contribution is -2.35. The molecule has 0 bridgehead atoms. The van der Waals surface area contributed by atoms with Crippen molar-refractivity contribution < 1.29 is 9.59 Å². The highest BCUT2D eigenvalue weighted by atomic mass is 79.9. The number of hydrogen-bond acceptors (Lipinski definition) is 4. The Morgan fingerprint density at radius 3 is 2.00 bits per heavy atom. The predicted molar refractivity (Wildman–Crippen MR) is 85.5 cm³/mol. The maximum absolute atomic E-state index is 12.0. The molecule has 0 aromatic heterocycles. The predicted octanol–water partition coefficient (Wildman–Crippen LogP) is 1.14. The minimum absolute atomic E-state index is 0. The Morgan fingerprint density at radius 2 is 1.43 bits per heavy atom. The van der Waals surface area contributed by atoms with Gasteiger partial charge in [-0.05, 0) is 17.2 Å². The normalized spacial score (nSPS) is 9.43. The summed E-state index contributed by atoms with van der Waals surface area (Å²) in [4.78, 5) is 23.8. The summed E-state index contributed by atoms with van der Waals surface area (Å²) in [6.07, 6.45) is 0. The molecule has 2 rings (SSSR count). The molecule has 0 atom stereocenters. The molecule has 6 nitrogen and oxygen atoms in total. The first-order valence-corrected chi connectivity index (χ1v) is 5.89. The van der Waals surface area contributed by atoms with Crippen LogP contribution >= 0.6 is 17.0 Å². The van der Waals surface area contributed by atoms with Crippen molar-refractivity contribution in [2.45, 2.75) is 0 Å². The second-order valence-corrected chi connectivity index (χ2v) is 4.04. The molecule has 21 heavy (non-hydrogen) atoms. The second-order valence-electron chi connectivity index (χ2n) is 4.04. The number of carbonyl (C=O) groups is 2. The molecule has 2 aromatic rings. The fraction of sp³-hybridized carbons (Fsp3) is 0. The van der Waals surface area contributed by atoms with Crippen molar-refractivity contribution in [3.8, 4) is 11.1 Å². The van der Waals surface area contributed by atoms with Crippen LogP contribution in [0.1, 0.15) is 20.7 Å². The number of carbonyl (C=O) groups excluding carboxylic acids is 2. The van der Waals surface area contributed by atoms with Crippen molar-refractivity contribution in [3.05, 3.63) is 59.7 Å². The summed E-state index contributed by atoms with van der Waals surface area (Å²) < 4.78 is 0. The van der Waals surface area contributed by atoms with Crippen LogP contribution in [0, 0.1) is 0 Å². The summed E-state index contributed by atoms with van der Waals surface area (Å²) >= 11 is 0. The van der Waals surface area contributed by atoms with Crippen LogP contribution in [0.15, 0.2) is 48.5 Å². The number of nitrogens with one attached hydrogen (secondary N) is 2. The largest absolute Gasteiger partial charge is 0.290 e. The van der Waals surface area contributed by atoms with E-state index >= 15 is 0 Å². The smallest absolute Gasteiger partial charge is 0.266 e. The zero-order chi connectivity index (χ0) is 14.5. The lowest BCUT2D eigenvalue weighted by molar-refractivity contribution is 0.0920. The van der Waals surface area contributed by atoms with Crippen LogP contribution in [0.5, 0.6) is 0 Å². The van der Waals surface area contributed by atoms with Gasteiger partial charge in [-0.15, -0.1) is 17.0 Å². The van der Waals surface area contributed by atoms with Gasteiger partial charge in [0.25, 0.3) is 11.8 Å². The summed E-state index contributed by atoms with van der Waals surface area (Å²) in [5.41, 5.74) is 5.83. The zero-order valence-corrected chi connectivity index (χ0v) is 12.7. The molecular formula is C14H15BrN4O2. The first kappa shape index (κ1) is 16.8. The fourth-order valence-corrected chi connectivity index (χ4v) is 1.99. The van der Waals surface area contributed by atoms with Crippen molar-refractivity contribution in [1.82, 2.24) is 10.9 Å². The molecule has 0 radical (unpaired) electrons. The van der Waals surface area contributed by atoms with Gasteiger partial charge >= 0.3 is 0 Å². The molecule has 0 aliphatic heterocycles. The molecule has 7 heteroatoms. The standard InChI is InChI=1S/C14H14N4O2.BrH/c15-17-13(19)11-8-4-7-10(12(11)14(20)18-16)9-5-2-1-3-6-9;/h1-8H,15-16H2,(H,17,19)(H,18,20);1H. The van der Waals surface area contributed by atoms with Crippen molar-refractivity contribution >= 4 is 28.8 Å². The van der Waals surface area contributed by atoms with Crippen LogP contribution in [-0.2, 0) is 0 Å². The average Bonchev–Trinajstić information content (AvgIpc) is 2.53. The molecule has 0 saturated heterocycles. The van der Waals surface area contributed by atoms with E-state index in [0.29, 0.717) is 5.56 Å². The van der Waals surface area contributed by atoms with Crippen LogP contribution in [-0.4, -0.2) is 11.8 Å². The summed E-state index contributed by atoms with van der Waals surface area (Å²) in [6, 6.07) is 14.2. The van der Waals surface area contributed by atoms with Gasteiger partial charge in [-0.3, -0.25) is 20.4 Å². The Labute approximate surface area is 132 Å². The van der Waals surface area contributed by atoms with Crippen molar-refractivity contribution in [2.75, 3.05) is 0 Å². The van der Waals surface area contributed by atoms with E-state index in [-0.39, 0.29) is 28.1 Å². The van der Waals surface area contributed by atoms with Crippen LogP contribution < -0.4 is 22.5 Å². The molecule has 0 spiro atoms. The van der Waals surface area contributed by atoms with E-state index in [1.54, 1.807) is 12.1 Å². The second kappa shape index (κ2) is 7.53. The zero-order valence-electron chi connectivity index (χ0n) is 11.0. The monoisotopic (exact) mass is 350 g/mol. The molecule has 0 fully saturated rings. The number of nitrogen functional groups attached to an aromatic ring is 2. The van der Waals surface area contributed by atoms with Gasteiger partial charge < -0.3 is 0 Å². The maximum atomic E-state index is 12.0. The molecule has 0 unspecified atom stereocenters. The highest BCUT2D eigenvalue weighted by Gasteiger charge is 2.20.